The van der Waals surface area contributed by atoms with Crippen molar-refractivity contribution in [1.82, 2.24) is 5.32 Å². The average molecular weight is 1180 g/mol. The number of hydrogen-bond acceptors (Lipinski definition) is 7. The molecule has 0 saturated carbocycles. The zero-order chi connectivity index (χ0) is 60.7. The molecule has 0 aliphatic rings. The number of carbonyl (C=O) groups excluding carboxylic acids is 2. The van der Waals surface area contributed by atoms with Crippen LogP contribution in [-0.4, -0.2) is 69.4 Å². The number of allylic oxidation sites excluding steroid dienone is 19. The molecule has 0 aliphatic heterocycles. The van der Waals surface area contributed by atoms with Crippen LogP contribution >= 0.6 is 7.82 Å². The van der Waals surface area contributed by atoms with Gasteiger partial charge < -0.3 is 28.5 Å². The highest BCUT2D eigenvalue weighted by atomic mass is 31.2. The molecular formula is C73H127N2O7P. The number of esters is 1. The van der Waals surface area contributed by atoms with Gasteiger partial charge in [-0.3, -0.25) is 14.2 Å². The van der Waals surface area contributed by atoms with Crippen LogP contribution in [0.3, 0.4) is 0 Å². The highest BCUT2D eigenvalue weighted by Crippen LogP contribution is 2.38. The van der Waals surface area contributed by atoms with Crippen LogP contribution in [0.5, 0.6) is 0 Å². The molecule has 0 aromatic rings. The number of nitrogens with zero attached hydrogens (tertiary/aromatic N) is 1. The second-order valence-corrected chi connectivity index (χ2v) is 25.0. The second kappa shape index (κ2) is 61.5. The van der Waals surface area contributed by atoms with Crippen LogP contribution in [-0.2, 0) is 27.9 Å². The SMILES string of the molecule is CC/C=C\C/C=C\C/C=C\C/C=C\C/C=C\CCCCCCCCCCCC(=O)NC(COP(=O)([O-])OCC[N+](C)(C)C)C(/C=C\CCCCCCCCCCCCC)OC(=O)CCCCC/C=C\C/C=C\C/C=C\C/C=C\CCCCC. The maximum Gasteiger partial charge on any atom is 0.306 e. The number of phosphoric acid groups is 1. The van der Waals surface area contributed by atoms with Crippen LogP contribution in [0.1, 0.15) is 278 Å². The topological polar surface area (TPSA) is 114 Å². The molecule has 10 heteroatoms. The Balaban J connectivity index is 5.24. The van der Waals surface area contributed by atoms with Crippen LogP contribution in [0, 0.1) is 0 Å². The molecule has 9 nitrogen and oxygen atoms in total. The smallest absolute Gasteiger partial charge is 0.306 e. The van der Waals surface area contributed by atoms with E-state index in [0.717, 1.165) is 122 Å². The fourth-order valence-electron chi connectivity index (χ4n) is 9.18. The lowest BCUT2D eigenvalue weighted by Gasteiger charge is -2.30. The molecule has 0 fully saturated rings. The molecule has 0 aromatic heterocycles. The third kappa shape index (κ3) is 62.8. The van der Waals surface area contributed by atoms with Gasteiger partial charge in [0.1, 0.15) is 19.3 Å². The fourth-order valence-corrected chi connectivity index (χ4v) is 9.90. The number of phosphoric ester groups is 1. The summed E-state index contributed by atoms with van der Waals surface area (Å²) in [7, 11) is 1.15. The Kier molecular flexibility index (Phi) is 58.8. The van der Waals surface area contributed by atoms with E-state index >= 15 is 0 Å². The summed E-state index contributed by atoms with van der Waals surface area (Å²) in [5.41, 5.74) is 0. The Labute approximate surface area is 512 Å². The third-order valence-corrected chi connectivity index (χ3v) is 15.3. The zero-order valence-corrected chi connectivity index (χ0v) is 55.3. The summed E-state index contributed by atoms with van der Waals surface area (Å²) in [6.07, 6.45) is 85.9. The van der Waals surface area contributed by atoms with E-state index in [1.54, 1.807) is 0 Å². The summed E-state index contributed by atoms with van der Waals surface area (Å²) >= 11 is 0. The van der Waals surface area contributed by atoms with Crippen LogP contribution in [0.2, 0.25) is 0 Å². The molecule has 476 valence electrons. The first-order valence-electron chi connectivity index (χ1n) is 33.8. The number of carbonyl (C=O) groups is 2. The number of amides is 1. The molecule has 0 heterocycles. The van der Waals surface area contributed by atoms with Crippen molar-refractivity contribution in [1.29, 1.82) is 0 Å². The molecule has 3 unspecified atom stereocenters. The van der Waals surface area contributed by atoms with Crippen molar-refractivity contribution in [2.24, 2.45) is 0 Å². The van der Waals surface area contributed by atoms with Gasteiger partial charge in [-0.15, -0.1) is 0 Å². The van der Waals surface area contributed by atoms with Gasteiger partial charge in [-0.2, -0.15) is 0 Å². The number of hydrogen-bond donors (Lipinski definition) is 1. The molecule has 83 heavy (non-hydrogen) atoms. The Bertz CT molecular complexity index is 1830. The van der Waals surface area contributed by atoms with Crippen LogP contribution in [0.15, 0.2) is 122 Å². The van der Waals surface area contributed by atoms with E-state index in [0.29, 0.717) is 23.9 Å². The summed E-state index contributed by atoms with van der Waals surface area (Å²) in [6, 6.07) is -0.914. The summed E-state index contributed by atoms with van der Waals surface area (Å²) in [4.78, 5) is 40.1. The predicted octanol–water partition coefficient (Wildman–Crippen LogP) is 20.8. The Morgan fingerprint density at radius 1 is 0.434 bits per heavy atom. The van der Waals surface area contributed by atoms with E-state index in [1.165, 1.54) is 116 Å². The van der Waals surface area contributed by atoms with E-state index in [-0.39, 0.29) is 24.9 Å². The lowest BCUT2D eigenvalue weighted by Crippen LogP contribution is -2.47. The maximum atomic E-state index is 13.6. The first-order chi connectivity index (χ1) is 40.4. The van der Waals surface area contributed by atoms with Crippen molar-refractivity contribution >= 4 is 19.7 Å². The number of quaternary nitrogens is 1. The molecule has 0 radical (unpaired) electrons. The Morgan fingerprint density at radius 2 is 0.771 bits per heavy atom. The number of nitrogens with one attached hydrogen (secondary N) is 1. The van der Waals surface area contributed by atoms with Crippen LogP contribution < -0.4 is 10.2 Å². The molecule has 0 rings (SSSR count). The Morgan fingerprint density at radius 3 is 1.19 bits per heavy atom. The van der Waals surface area contributed by atoms with E-state index < -0.39 is 26.6 Å². The molecule has 1 N–H and O–H groups in total. The lowest BCUT2D eigenvalue weighted by atomic mass is 10.0. The number of rotatable bonds is 60. The van der Waals surface area contributed by atoms with E-state index in [9.17, 15) is 19.0 Å². The van der Waals surface area contributed by atoms with Crippen molar-refractivity contribution < 1.29 is 37.3 Å². The summed E-state index contributed by atoms with van der Waals surface area (Å²) < 4.78 is 30.4. The van der Waals surface area contributed by atoms with Gasteiger partial charge in [0.05, 0.1) is 33.8 Å². The number of unbranched alkanes of at least 4 members (excludes halogenated alkanes) is 26. The van der Waals surface area contributed by atoms with Crippen molar-refractivity contribution in [3.05, 3.63) is 122 Å². The quantitative estimate of drug-likeness (QED) is 0.0212. The van der Waals surface area contributed by atoms with Gasteiger partial charge in [0.15, 0.2) is 0 Å². The molecular weight excluding hydrogens is 1050 g/mol. The minimum absolute atomic E-state index is 0.0349. The van der Waals surface area contributed by atoms with Crippen molar-refractivity contribution in [3.63, 3.8) is 0 Å². The normalized spacial score (nSPS) is 14.3. The van der Waals surface area contributed by atoms with Gasteiger partial charge in [-0.05, 0) is 122 Å². The van der Waals surface area contributed by atoms with Gasteiger partial charge in [-0.25, -0.2) is 0 Å². The fraction of sp³-hybridized carbons (Fsp3) is 0.699. The van der Waals surface area contributed by atoms with Gasteiger partial charge >= 0.3 is 5.97 Å². The largest absolute Gasteiger partial charge is 0.756 e. The van der Waals surface area contributed by atoms with Crippen LogP contribution in [0.4, 0.5) is 0 Å². The summed E-state index contributed by atoms with van der Waals surface area (Å²) in [5, 5.41) is 3.03. The number of likely N-dealkylation sites (N-methyl/N-ethyl adjacent to an activating group) is 1. The van der Waals surface area contributed by atoms with Gasteiger partial charge in [-0.1, -0.05) is 265 Å². The van der Waals surface area contributed by atoms with Crippen molar-refractivity contribution in [2.75, 3.05) is 40.9 Å². The minimum Gasteiger partial charge on any atom is -0.756 e. The molecule has 3 atom stereocenters. The molecule has 0 aromatic carbocycles. The maximum absolute atomic E-state index is 13.6. The molecule has 0 spiro atoms. The van der Waals surface area contributed by atoms with Gasteiger partial charge in [0, 0.05) is 12.8 Å². The standard InChI is InChI=1S/C73H127N2O7P/c1-7-10-13-16-19-22-25-28-30-32-34-35-36-37-38-39-41-42-44-47-50-53-56-59-62-65-72(76)74-70(69-81-83(78,79)80-68-67-75(4,5)6)71(64-61-58-55-52-49-46-27-24-21-18-15-12-9-3)82-73(77)66-63-60-57-54-51-48-45-43-40-33-31-29-26-23-20-17-14-11-8-2/h10,13,19-20,22-23,28-31,34-35,37-38,40,43,48,51,61,64,70-71H,7-9,11-12,14-18,21,24-27,32-33,36,39,41-42,44-47,49-50,52-60,62-63,65-69H2,1-6H3,(H-,74,76,78,79)/b13-10-,22-19-,23-20-,30-28-,31-29-,35-34-,38-37-,43-40-,51-48-,64-61-. The van der Waals surface area contributed by atoms with Crippen LogP contribution in [0.25, 0.3) is 0 Å². The van der Waals surface area contributed by atoms with Gasteiger partial charge in [0.25, 0.3) is 7.82 Å². The minimum atomic E-state index is -4.72. The highest BCUT2D eigenvalue weighted by Gasteiger charge is 2.27. The van der Waals surface area contributed by atoms with Crippen molar-refractivity contribution in [3.8, 4) is 0 Å². The summed E-state index contributed by atoms with van der Waals surface area (Å²) in [6.45, 7) is 6.68. The lowest BCUT2D eigenvalue weighted by molar-refractivity contribution is -0.870. The third-order valence-electron chi connectivity index (χ3n) is 14.4. The van der Waals surface area contributed by atoms with E-state index in [2.05, 4.69) is 135 Å². The molecule has 0 bridgehead atoms. The first-order valence-corrected chi connectivity index (χ1v) is 35.3. The molecule has 0 aliphatic carbocycles. The van der Waals surface area contributed by atoms with Crippen molar-refractivity contribution in [2.45, 2.75) is 290 Å². The first kappa shape index (κ1) is 79.4. The summed E-state index contributed by atoms with van der Waals surface area (Å²) in [5.74, 6) is -0.587. The zero-order valence-electron chi connectivity index (χ0n) is 54.4. The predicted molar refractivity (Wildman–Crippen MR) is 357 cm³/mol. The highest BCUT2D eigenvalue weighted by molar-refractivity contribution is 7.45. The molecule has 1 amide bonds. The van der Waals surface area contributed by atoms with E-state index in [4.69, 9.17) is 13.8 Å². The molecule has 0 saturated heterocycles. The number of ether oxygens (including phenoxy) is 1. The Hall–Kier alpha value is -3.59. The monoisotopic (exact) mass is 1170 g/mol. The van der Waals surface area contributed by atoms with E-state index in [1.807, 2.05) is 33.3 Å². The van der Waals surface area contributed by atoms with Gasteiger partial charge in [0.2, 0.25) is 5.91 Å². The average Bonchev–Trinajstić information content (AvgIpc) is 3.46. The second-order valence-electron chi connectivity index (χ2n) is 23.6.